The maximum Gasteiger partial charge on any atom is 0.253 e. The Morgan fingerprint density at radius 3 is 2.60 bits per heavy atom. The highest BCUT2D eigenvalue weighted by molar-refractivity contribution is 5.94. The van der Waals surface area contributed by atoms with E-state index < -0.39 is 5.82 Å². The third-order valence-corrected chi connectivity index (χ3v) is 5.91. The molecular formula is C23H23FN4O2. The minimum absolute atomic E-state index is 0.125. The smallest absolute Gasteiger partial charge is 0.253 e. The molecule has 0 bridgehead atoms. The van der Waals surface area contributed by atoms with Gasteiger partial charge in [-0.1, -0.05) is 11.2 Å². The van der Waals surface area contributed by atoms with Gasteiger partial charge in [0.15, 0.2) is 5.76 Å². The van der Waals surface area contributed by atoms with Crippen LogP contribution in [0.1, 0.15) is 65.1 Å². The Morgan fingerprint density at radius 2 is 1.93 bits per heavy atom. The van der Waals surface area contributed by atoms with Gasteiger partial charge in [0, 0.05) is 42.8 Å². The largest absolute Gasteiger partial charge is 0.356 e. The van der Waals surface area contributed by atoms with E-state index in [-0.39, 0.29) is 11.8 Å². The van der Waals surface area contributed by atoms with E-state index >= 15 is 0 Å². The molecule has 7 heteroatoms. The van der Waals surface area contributed by atoms with Crippen molar-refractivity contribution >= 4 is 5.91 Å². The average molecular weight is 406 g/mol. The summed E-state index contributed by atoms with van der Waals surface area (Å²) in [6.45, 7) is 3.11. The number of nitrogens with zero attached hydrogens (tertiary/aromatic N) is 4. The molecule has 5 rings (SSSR count). The van der Waals surface area contributed by atoms with Gasteiger partial charge in [-0.05, 0) is 50.8 Å². The molecule has 1 saturated carbocycles. The topological polar surface area (TPSA) is 72.1 Å². The molecule has 30 heavy (non-hydrogen) atoms. The highest BCUT2D eigenvalue weighted by Gasteiger charge is 2.31. The van der Waals surface area contributed by atoms with Gasteiger partial charge in [-0.3, -0.25) is 4.79 Å². The fraction of sp³-hybridized carbons (Fsp3) is 0.391. The molecule has 0 N–H and O–H groups in total. The van der Waals surface area contributed by atoms with Gasteiger partial charge in [-0.2, -0.15) is 0 Å². The minimum Gasteiger partial charge on any atom is -0.356 e. The summed E-state index contributed by atoms with van der Waals surface area (Å²) >= 11 is 0. The molecule has 3 aromatic rings. The van der Waals surface area contributed by atoms with Crippen LogP contribution in [0.3, 0.4) is 0 Å². The number of carbonyl (C=O) groups excluding carboxylic acids is 1. The van der Waals surface area contributed by atoms with Crippen LogP contribution >= 0.6 is 0 Å². The minimum atomic E-state index is -0.392. The molecule has 2 aliphatic rings. The van der Waals surface area contributed by atoms with Crippen LogP contribution in [0, 0.1) is 12.7 Å². The van der Waals surface area contributed by atoms with E-state index in [1.165, 1.54) is 12.1 Å². The molecule has 1 aliphatic carbocycles. The van der Waals surface area contributed by atoms with Crippen LogP contribution in [0.2, 0.25) is 0 Å². The average Bonchev–Trinajstić information content (AvgIpc) is 3.53. The Bertz CT molecular complexity index is 1080. The maximum atomic E-state index is 13.5. The van der Waals surface area contributed by atoms with Crippen LogP contribution in [-0.4, -0.2) is 39.0 Å². The van der Waals surface area contributed by atoms with Crippen molar-refractivity contribution in [2.45, 2.75) is 44.4 Å². The molecule has 0 spiro atoms. The summed E-state index contributed by atoms with van der Waals surface area (Å²) in [7, 11) is 0. The zero-order chi connectivity index (χ0) is 20.7. The van der Waals surface area contributed by atoms with E-state index in [0.29, 0.717) is 30.3 Å². The van der Waals surface area contributed by atoms with Crippen molar-refractivity contribution in [1.82, 2.24) is 20.0 Å². The lowest BCUT2D eigenvalue weighted by atomic mass is 9.89. The fourth-order valence-corrected chi connectivity index (χ4v) is 4.10. The second-order valence-corrected chi connectivity index (χ2v) is 8.21. The third-order valence-electron chi connectivity index (χ3n) is 5.91. The number of piperidine rings is 1. The van der Waals surface area contributed by atoms with Gasteiger partial charge in [0.05, 0.1) is 17.0 Å². The van der Waals surface area contributed by atoms with Crippen molar-refractivity contribution in [3.63, 3.8) is 0 Å². The predicted octanol–water partition coefficient (Wildman–Crippen LogP) is 4.48. The van der Waals surface area contributed by atoms with E-state index in [9.17, 15) is 9.18 Å². The van der Waals surface area contributed by atoms with Crippen LogP contribution in [0.25, 0.3) is 11.3 Å². The number of hydrogen-bond acceptors (Lipinski definition) is 5. The van der Waals surface area contributed by atoms with Crippen LogP contribution < -0.4 is 0 Å². The van der Waals surface area contributed by atoms with Crippen LogP contribution in [-0.2, 0) is 0 Å². The molecule has 0 atom stereocenters. The van der Waals surface area contributed by atoms with Crippen LogP contribution in [0.5, 0.6) is 0 Å². The number of likely N-dealkylation sites (tertiary alicyclic amines) is 1. The zero-order valence-electron chi connectivity index (χ0n) is 16.8. The van der Waals surface area contributed by atoms with E-state index in [1.807, 2.05) is 19.2 Å². The number of aromatic nitrogens is 3. The molecule has 1 aromatic carbocycles. The summed E-state index contributed by atoms with van der Waals surface area (Å²) in [6, 6.07) is 7.78. The summed E-state index contributed by atoms with van der Waals surface area (Å²) in [4.78, 5) is 24.1. The van der Waals surface area contributed by atoms with Gasteiger partial charge in [-0.25, -0.2) is 14.4 Å². The first-order chi connectivity index (χ1) is 14.6. The molecule has 1 amide bonds. The Balaban J connectivity index is 1.37. The maximum absolute atomic E-state index is 13.5. The van der Waals surface area contributed by atoms with E-state index in [1.54, 1.807) is 17.0 Å². The third kappa shape index (κ3) is 3.72. The Labute approximate surface area is 174 Å². The molecule has 2 fully saturated rings. The number of carbonyl (C=O) groups is 1. The normalized spacial score (nSPS) is 17.3. The summed E-state index contributed by atoms with van der Waals surface area (Å²) in [6.07, 6.45) is 5.73. The highest BCUT2D eigenvalue weighted by Crippen LogP contribution is 2.41. The highest BCUT2D eigenvalue weighted by atomic mass is 19.1. The lowest BCUT2D eigenvalue weighted by molar-refractivity contribution is 0.0711. The molecule has 154 valence electrons. The van der Waals surface area contributed by atoms with Crippen molar-refractivity contribution in [3.05, 3.63) is 65.1 Å². The Hall–Kier alpha value is -3.09. The monoisotopic (exact) mass is 406 g/mol. The summed E-state index contributed by atoms with van der Waals surface area (Å²) < 4.78 is 19.0. The standard InChI is InChI=1S/C23H23FN4O2/c1-14-11-20(30-27-14)19-13-25-22(16-5-6-16)26-21(19)15-7-9-28(10-8-15)23(29)17-3-2-4-18(24)12-17/h2-4,11-13,15-16H,5-10H2,1H3. The first-order valence-electron chi connectivity index (χ1n) is 10.4. The number of hydrogen-bond donors (Lipinski definition) is 0. The van der Waals surface area contributed by atoms with Crippen molar-refractivity contribution < 1.29 is 13.7 Å². The number of amides is 1. The molecule has 6 nitrogen and oxygen atoms in total. The SMILES string of the molecule is Cc1cc(-c2cnc(C3CC3)nc2C2CCN(C(=O)c3cccc(F)c3)CC2)on1. The number of aryl methyl sites for hydroxylation is 1. The number of halogens is 1. The fourth-order valence-electron chi connectivity index (χ4n) is 4.10. The molecule has 0 unspecified atom stereocenters. The van der Waals surface area contributed by atoms with Crippen LogP contribution in [0.15, 0.2) is 41.1 Å². The molecule has 1 aliphatic heterocycles. The van der Waals surface area contributed by atoms with Crippen molar-refractivity contribution in [3.8, 4) is 11.3 Å². The summed E-state index contributed by atoms with van der Waals surface area (Å²) in [5, 5.41) is 4.01. The van der Waals surface area contributed by atoms with Gasteiger partial charge >= 0.3 is 0 Å². The Morgan fingerprint density at radius 1 is 1.13 bits per heavy atom. The lowest BCUT2D eigenvalue weighted by Crippen LogP contribution is -2.38. The number of rotatable bonds is 4. The predicted molar refractivity (Wildman–Crippen MR) is 109 cm³/mol. The van der Waals surface area contributed by atoms with Crippen molar-refractivity contribution in [2.75, 3.05) is 13.1 Å². The van der Waals surface area contributed by atoms with E-state index in [2.05, 4.69) is 10.1 Å². The lowest BCUT2D eigenvalue weighted by Gasteiger charge is -2.32. The van der Waals surface area contributed by atoms with Gasteiger partial charge < -0.3 is 9.42 Å². The van der Waals surface area contributed by atoms with E-state index in [4.69, 9.17) is 9.51 Å². The second kappa shape index (κ2) is 7.63. The first kappa shape index (κ1) is 18.9. The van der Waals surface area contributed by atoms with Gasteiger partial charge in [0.2, 0.25) is 0 Å². The van der Waals surface area contributed by atoms with Crippen molar-refractivity contribution in [1.29, 1.82) is 0 Å². The molecule has 3 heterocycles. The zero-order valence-corrected chi connectivity index (χ0v) is 16.8. The second-order valence-electron chi connectivity index (χ2n) is 8.21. The molecule has 1 saturated heterocycles. The van der Waals surface area contributed by atoms with Gasteiger partial charge in [0.25, 0.3) is 5.91 Å². The summed E-state index contributed by atoms with van der Waals surface area (Å²) in [5.74, 6) is 1.74. The first-order valence-corrected chi connectivity index (χ1v) is 10.4. The van der Waals surface area contributed by atoms with Gasteiger partial charge in [0.1, 0.15) is 11.6 Å². The summed E-state index contributed by atoms with van der Waals surface area (Å²) in [5.41, 5.74) is 3.08. The van der Waals surface area contributed by atoms with Crippen molar-refractivity contribution in [2.24, 2.45) is 0 Å². The van der Waals surface area contributed by atoms with Crippen LogP contribution in [0.4, 0.5) is 4.39 Å². The van der Waals surface area contributed by atoms with Gasteiger partial charge in [-0.15, -0.1) is 0 Å². The Kier molecular flexibility index (Phi) is 4.81. The molecular weight excluding hydrogens is 383 g/mol. The molecule has 2 aromatic heterocycles. The number of benzene rings is 1. The molecule has 0 radical (unpaired) electrons. The van der Waals surface area contributed by atoms with E-state index in [0.717, 1.165) is 48.5 Å². The quantitative estimate of drug-likeness (QED) is 0.639.